The molecule has 1 unspecified atom stereocenters. The summed E-state index contributed by atoms with van der Waals surface area (Å²) in [6.45, 7) is 0.0348. The molecular formula is C12H15N3O6. The molecule has 0 radical (unpaired) electrons. The average molecular weight is 297 g/mol. The highest BCUT2D eigenvalue weighted by Gasteiger charge is 2.47. The normalized spacial score (nSPS) is 30.0. The van der Waals surface area contributed by atoms with Crippen molar-refractivity contribution in [2.75, 3.05) is 6.54 Å². The standard InChI is InChI=1S/C12H15N3O6/c1-2-4-13-10(19)9-7(17)8(18)11(21-9)15-5-3-6(16)14-12(15)20/h1,3,5,7-11,13,17-19H,4H2,(H,14,16,20)/t7-,8+,9-,10?,11+/m0/s1. The Labute approximate surface area is 118 Å². The zero-order chi connectivity index (χ0) is 15.6. The molecule has 1 aromatic heterocycles. The molecule has 0 bridgehead atoms. The first-order valence-electron chi connectivity index (χ1n) is 6.13. The van der Waals surface area contributed by atoms with Gasteiger partial charge in [-0.05, 0) is 0 Å². The van der Waals surface area contributed by atoms with Gasteiger partial charge in [-0.2, -0.15) is 0 Å². The molecule has 5 N–H and O–H groups in total. The van der Waals surface area contributed by atoms with Crippen molar-refractivity contribution >= 4 is 0 Å². The van der Waals surface area contributed by atoms with E-state index in [1.807, 2.05) is 4.98 Å². The minimum absolute atomic E-state index is 0.0348. The van der Waals surface area contributed by atoms with E-state index in [0.717, 1.165) is 16.8 Å². The number of aliphatic hydroxyl groups excluding tert-OH is 3. The maximum Gasteiger partial charge on any atom is 0.330 e. The zero-order valence-corrected chi connectivity index (χ0v) is 10.8. The summed E-state index contributed by atoms with van der Waals surface area (Å²) in [5.74, 6) is 2.24. The van der Waals surface area contributed by atoms with Crippen LogP contribution in [0.4, 0.5) is 0 Å². The molecule has 2 heterocycles. The van der Waals surface area contributed by atoms with E-state index in [0.29, 0.717) is 0 Å². The second-order valence-electron chi connectivity index (χ2n) is 4.52. The average Bonchev–Trinajstić information content (AvgIpc) is 2.73. The number of aliphatic hydroxyl groups is 3. The lowest BCUT2D eigenvalue weighted by Crippen LogP contribution is -2.46. The van der Waals surface area contributed by atoms with Crippen molar-refractivity contribution in [2.45, 2.75) is 30.8 Å². The van der Waals surface area contributed by atoms with Crippen LogP contribution in [0.5, 0.6) is 0 Å². The third-order valence-electron chi connectivity index (χ3n) is 3.13. The molecule has 114 valence electrons. The molecule has 0 spiro atoms. The number of ether oxygens (including phenoxy) is 1. The summed E-state index contributed by atoms with van der Waals surface area (Å²) in [6, 6.07) is 1.07. The summed E-state index contributed by atoms with van der Waals surface area (Å²) in [5.41, 5.74) is -1.40. The van der Waals surface area contributed by atoms with Crippen LogP contribution in [0.1, 0.15) is 6.23 Å². The molecule has 1 aromatic rings. The number of H-pyrrole nitrogens is 1. The van der Waals surface area contributed by atoms with Gasteiger partial charge in [-0.1, -0.05) is 5.92 Å². The third-order valence-corrected chi connectivity index (χ3v) is 3.13. The summed E-state index contributed by atoms with van der Waals surface area (Å²) in [5, 5.41) is 32.1. The molecule has 0 amide bonds. The van der Waals surface area contributed by atoms with Crippen molar-refractivity contribution in [3.63, 3.8) is 0 Å². The maximum absolute atomic E-state index is 11.7. The summed E-state index contributed by atoms with van der Waals surface area (Å²) in [7, 11) is 0. The Bertz CT molecular complexity index is 647. The first-order valence-corrected chi connectivity index (χ1v) is 6.13. The Morgan fingerprint density at radius 1 is 1.48 bits per heavy atom. The number of nitrogens with zero attached hydrogens (tertiary/aromatic N) is 1. The van der Waals surface area contributed by atoms with Crippen LogP contribution in [0.25, 0.3) is 0 Å². The Balaban J connectivity index is 2.22. The van der Waals surface area contributed by atoms with Crippen LogP contribution in [0.2, 0.25) is 0 Å². The fourth-order valence-electron chi connectivity index (χ4n) is 2.08. The largest absolute Gasteiger partial charge is 0.387 e. The van der Waals surface area contributed by atoms with Crippen LogP contribution in [0.3, 0.4) is 0 Å². The number of nitrogens with one attached hydrogen (secondary N) is 2. The van der Waals surface area contributed by atoms with Gasteiger partial charge in [0, 0.05) is 12.3 Å². The number of rotatable bonds is 4. The molecule has 2 rings (SSSR count). The molecule has 5 atom stereocenters. The van der Waals surface area contributed by atoms with Gasteiger partial charge in [0.2, 0.25) is 0 Å². The molecule has 0 aromatic carbocycles. The second kappa shape index (κ2) is 6.21. The lowest BCUT2D eigenvalue weighted by atomic mass is 10.1. The zero-order valence-electron chi connectivity index (χ0n) is 10.8. The van der Waals surface area contributed by atoms with E-state index in [9.17, 15) is 24.9 Å². The SMILES string of the molecule is C#CCNC(O)[C@H]1O[C@@H](n2ccc(=O)[nH]c2=O)[C@H](O)[C@@H]1O. The smallest absolute Gasteiger partial charge is 0.330 e. The molecule has 1 saturated heterocycles. The monoisotopic (exact) mass is 297 g/mol. The Morgan fingerprint density at radius 3 is 2.81 bits per heavy atom. The Morgan fingerprint density at radius 2 is 2.19 bits per heavy atom. The van der Waals surface area contributed by atoms with Crippen LogP contribution in [0, 0.1) is 12.3 Å². The highest BCUT2D eigenvalue weighted by molar-refractivity contribution is 4.96. The maximum atomic E-state index is 11.7. The van der Waals surface area contributed by atoms with Crippen molar-refractivity contribution in [2.24, 2.45) is 0 Å². The van der Waals surface area contributed by atoms with Gasteiger partial charge in [0.05, 0.1) is 6.54 Å². The molecule has 1 fully saturated rings. The van der Waals surface area contributed by atoms with Crippen LogP contribution >= 0.6 is 0 Å². The van der Waals surface area contributed by atoms with Crippen LogP contribution in [0.15, 0.2) is 21.9 Å². The summed E-state index contributed by atoms with van der Waals surface area (Å²) < 4.78 is 6.23. The molecular weight excluding hydrogens is 282 g/mol. The number of hydrogen-bond donors (Lipinski definition) is 5. The summed E-state index contributed by atoms with van der Waals surface area (Å²) in [6.07, 6.45) is -0.476. The van der Waals surface area contributed by atoms with Gasteiger partial charge >= 0.3 is 5.69 Å². The highest BCUT2D eigenvalue weighted by Crippen LogP contribution is 2.29. The third kappa shape index (κ3) is 3.05. The van der Waals surface area contributed by atoms with Gasteiger partial charge in [0.25, 0.3) is 5.56 Å². The molecule has 0 aliphatic carbocycles. The van der Waals surface area contributed by atoms with E-state index < -0.39 is 42.0 Å². The van der Waals surface area contributed by atoms with Crippen LogP contribution in [-0.4, -0.2) is 56.0 Å². The molecule has 0 saturated carbocycles. The van der Waals surface area contributed by atoms with Crippen molar-refractivity contribution in [3.8, 4) is 12.3 Å². The number of aromatic amines is 1. The van der Waals surface area contributed by atoms with E-state index >= 15 is 0 Å². The fraction of sp³-hybridized carbons (Fsp3) is 0.500. The van der Waals surface area contributed by atoms with Gasteiger partial charge in [-0.15, -0.1) is 6.42 Å². The molecule has 9 nitrogen and oxygen atoms in total. The second-order valence-corrected chi connectivity index (χ2v) is 4.52. The highest BCUT2D eigenvalue weighted by atomic mass is 16.6. The molecule has 1 aliphatic rings. The van der Waals surface area contributed by atoms with Gasteiger partial charge in [0.1, 0.15) is 24.5 Å². The van der Waals surface area contributed by atoms with E-state index in [-0.39, 0.29) is 6.54 Å². The summed E-state index contributed by atoms with van der Waals surface area (Å²) in [4.78, 5) is 24.7. The van der Waals surface area contributed by atoms with Crippen molar-refractivity contribution in [1.82, 2.24) is 14.9 Å². The predicted molar refractivity (Wildman–Crippen MR) is 70.1 cm³/mol. The Hall–Kier alpha value is -1.96. The first-order chi connectivity index (χ1) is 9.95. The molecule has 21 heavy (non-hydrogen) atoms. The van der Waals surface area contributed by atoms with Gasteiger partial charge in [-0.25, -0.2) is 4.79 Å². The van der Waals surface area contributed by atoms with Gasteiger partial charge in [-0.3, -0.25) is 19.7 Å². The van der Waals surface area contributed by atoms with E-state index in [1.165, 1.54) is 0 Å². The first kappa shape index (κ1) is 15.4. The summed E-state index contributed by atoms with van der Waals surface area (Å²) >= 11 is 0. The van der Waals surface area contributed by atoms with E-state index in [1.54, 1.807) is 0 Å². The molecule has 9 heteroatoms. The van der Waals surface area contributed by atoms with Gasteiger partial charge < -0.3 is 20.1 Å². The quantitative estimate of drug-likeness (QED) is 0.290. The minimum Gasteiger partial charge on any atom is -0.387 e. The topological polar surface area (TPSA) is 137 Å². The number of terminal acetylenes is 1. The predicted octanol–water partition coefficient (Wildman–Crippen LogP) is -3.30. The van der Waals surface area contributed by atoms with Crippen molar-refractivity contribution in [3.05, 3.63) is 33.1 Å². The van der Waals surface area contributed by atoms with Crippen molar-refractivity contribution in [1.29, 1.82) is 0 Å². The van der Waals surface area contributed by atoms with Crippen LogP contribution < -0.4 is 16.6 Å². The van der Waals surface area contributed by atoms with Crippen LogP contribution in [-0.2, 0) is 4.74 Å². The van der Waals surface area contributed by atoms with E-state index in [2.05, 4.69) is 11.2 Å². The molecule has 1 aliphatic heterocycles. The Kier molecular flexibility index (Phi) is 4.56. The lowest BCUT2D eigenvalue weighted by molar-refractivity contribution is -0.0943. The minimum atomic E-state index is -1.46. The number of hydrogen-bond acceptors (Lipinski definition) is 7. The van der Waals surface area contributed by atoms with Crippen molar-refractivity contribution < 1.29 is 20.1 Å². The number of aromatic nitrogens is 2. The lowest BCUT2D eigenvalue weighted by Gasteiger charge is -2.21. The van der Waals surface area contributed by atoms with Gasteiger partial charge in [0.15, 0.2) is 6.23 Å². The van der Waals surface area contributed by atoms with E-state index in [4.69, 9.17) is 11.2 Å². The fourth-order valence-corrected chi connectivity index (χ4v) is 2.08.